The van der Waals surface area contributed by atoms with Gasteiger partial charge in [0.25, 0.3) is 0 Å². The van der Waals surface area contributed by atoms with E-state index < -0.39 is 0 Å². The average Bonchev–Trinajstić information content (AvgIpc) is 3.11. The van der Waals surface area contributed by atoms with E-state index in [2.05, 4.69) is 4.98 Å². The number of aromatic nitrogens is 1. The topological polar surface area (TPSA) is 61.6 Å². The Morgan fingerprint density at radius 1 is 1.17 bits per heavy atom. The molecule has 0 aliphatic heterocycles. The van der Waals surface area contributed by atoms with Crippen molar-refractivity contribution in [3.63, 3.8) is 0 Å². The first-order chi connectivity index (χ1) is 11.8. The molecule has 1 aromatic carbocycles. The van der Waals surface area contributed by atoms with Crippen LogP contribution in [0, 0.1) is 5.92 Å². The lowest BCUT2D eigenvalue weighted by atomic mass is 9.90. The maximum absolute atomic E-state index is 11.7. The van der Waals surface area contributed by atoms with E-state index in [-0.39, 0.29) is 19.2 Å². The first-order valence-electron chi connectivity index (χ1n) is 8.54. The summed E-state index contributed by atoms with van der Waals surface area (Å²) in [4.78, 5) is 16.1. The molecule has 1 heterocycles. The number of benzene rings is 1. The third kappa shape index (κ3) is 4.93. The molecule has 1 aliphatic rings. The number of ether oxygens (including phenoxy) is 2. The maximum atomic E-state index is 11.7. The van der Waals surface area contributed by atoms with Crippen LogP contribution in [0.1, 0.15) is 37.8 Å². The smallest absolute Gasteiger partial charge is 0.332 e. The molecule has 1 aromatic heterocycles. The highest BCUT2D eigenvalue weighted by atomic mass is 16.6. The molecular weight excluding hydrogens is 306 g/mol. The van der Waals surface area contributed by atoms with Crippen LogP contribution in [-0.4, -0.2) is 24.2 Å². The van der Waals surface area contributed by atoms with Crippen LogP contribution in [0.5, 0.6) is 0 Å². The number of oxazole rings is 1. The van der Waals surface area contributed by atoms with E-state index in [4.69, 9.17) is 13.9 Å². The molecule has 24 heavy (non-hydrogen) atoms. The molecule has 0 N–H and O–H groups in total. The molecule has 0 amide bonds. The number of esters is 1. The molecule has 0 saturated heterocycles. The van der Waals surface area contributed by atoms with Crippen molar-refractivity contribution >= 4 is 5.97 Å². The van der Waals surface area contributed by atoms with E-state index in [1.807, 2.05) is 30.3 Å². The van der Waals surface area contributed by atoms with Gasteiger partial charge in [0.15, 0.2) is 0 Å². The fourth-order valence-electron chi connectivity index (χ4n) is 2.93. The van der Waals surface area contributed by atoms with Gasteiger partial charge in [-0.2, -0.15) is 0 Å². The third-order valence-electron chi connectivity index (χ3n) is 4.25. The molecule has 0 atom stereocenters. The van der Waals surface area contributed by atoms with Gasteiger partial charge in [-0.05, 0) is 30.9 Å². The number of nitrogens with zero attached hydrogens (tertiary/aromatic N) is 1. The Morgan fingerprint density at radius 3 is 2.75 bits per heavy atom. The minimum absolute atomic E-state index is 0.0553. The zero-order valence-electron chi connectivity index (χ0n) is 13.8. The van der Waals surface area contributed by atoms with Gasteiger partial charge in [0.05, 0.1) is 13.2 Å². The fraction of sp³-hybridized carbons (Fsp3) is 0.474. The summed E-state index contributed by atoms with van der Waals surface area (Å²) in [5.41, 5.74) is 1.57. The van der Waals surface area contributed by atoms with Gasteiger partial charge < -0.3 is 13.9 Å². The average molecular weight is 329 g/mol. The molecule has 5 nitrogen and oxygen atoms in total. The van der Waals surface area contributed by atoms with Crippen molar-refractivity contribution in [2.24, 2.45) is 5.92 Å². The van der Waals surface area contributed by atoms with Crippen LogP contribution in [0.25, 0.3) is 11.5 Å². The highest BCUT2D eigenvalue weighted by Gasteiger charge is 2.15. The molecule has 0 unspecified atom stereocenters. The maximum Gasteiger partial charge on any atom is 0.332 e. The molecule has 0 spiro atoms. The first-order valence-corrected chi connectivity index (χ1v) is 8.54. The van der Waals surface area contributed by atoms with E-state index >= 15 is 0 Å². The van der Waals surface area contributed by atoms with Gasteiger partial charge in [-0.15, -0.1) is 0 Å². The Hall–Kier alpha value is -2.14. The van der Waals surface area contributed by atoms with Crippen molar-refractivity contribution in [1.29, 1.82) is 0 Å². The number of hydrogen-bond acceptors (Lipinski definition) is 5. The monoisotopic (exact) mass is 329 g/mol. The molecule has 0 bridgehead atoms. The van der Waals surface area contributed by atoms with Crippen molar-refractivity contribution in [3.05, 3.63) is 42.3 Å². The van der Waals surface area contributed by atoms with Gasteiger partial charge in [0.2, 0.25) is 5.89 Å². The molecule has 1 fully saturated rings. The lowest BCUT2D eigenvalue weighted by molar-refractivity contribution is -0.151. The van der Waals surface area contributed by atoms with E-state index in [9.17, 15) is 4.79 Å². The minimum atomic E-state index is -0.313. The predicted molar refractivity (Wildman–Crippen MR) is 89.1 cm³/mol. The summed E-state index contributed by atoms with van der Waals surface area (Å²) < 4.78 is 16.1. The van der Waals surface area contributed by atoms with Crippen molar-refractivity contribution in [1.82, 2.24) is 4.98 Å². The Bertz CT molecular complexity index is 632. The zero-order chi connectivity index (χ0) is 16.6. The van der Waals surface area contributed by atoms with E-state index in [0.29, 0.717) is 24.1 Å². The predicted octanol–water partition coefficient (Wildman–Crippen LogP) is 3.98. The van der Waals surface area contributed by atoms with Crippen LogP contribution in [0.2, 0.25) is 0 Å². The number of carbonyl (C=O) groups excluding carboxylic acids is 1. The highest BCUT2D eigenvalue weighted by molar-refractivity contribution is 5.70. The second kappa shape index (κ2) is 8.64. The number of carbonyl (C=O) groups is 1. The van der Waals surface area contributed by atoms with Crippen LogP contribution >= 0.6 is 0 Å². The summed E-state index contributed by atoms with van der Waals surface area (Å²) in [7, 11) is 0. The minimum Gasteiger partial charge on any atom is -0.464 e. The normalized spacial score (nSPS) is 15.3. The molecule has 1 saturated carbocycles. The van der Waals surface area contributed by atoms with Gasteiger partial charge in [0.1, 0.15) is 18.6 Å². The van der Waals surface area contributed by atoms with Gasteiger partial charge in [-0.3, -0.25) is 0 Å². The van der Waals surface area contributed by atoms with Gasteiger partial charge in [-0.1, -0.05) is 37.5 Å². The second-order valence-electron chi connectivity index (χ2n) is 6.19. The second-order valence-corrected chi connectivity index (χ2v) is 6.19. The Balaban J connectivity index is 1.37. The first kappa shape index (κ1) is 16.7. The van der Waals surface area contributed by atoms with Crippen LogP contribution < -0.4 is 0 Å². The summed E-state index contributed by atoms with van der Waals surface area (Å²) in [6, 6.07) is 9.66. The molecule has 3 rings (SSSR count). The van der Waals surface area contributed by atoms with Crippen molar-refractivity contribution < 1.29 is 18.7 Å². The Kier molecular flexibility index (Phi) is 6.01. The van der Waals surface area contributed by atoms with Crippen molar-refractivity contribution in [2.75, 3.05) is 13.2 Å². The van der Waals surface area contributed by atoms with E-state index in [0.717, 1.165) is 18.4 Å². The Morgan fingerprint density at radius 2 is 1.96 bits per heavy atom. The van der Waals surface area contributed by atoms with Crippen LogP contribution in [0.4, 0.5) is 0 Å². The van der Waals surface area contributed by atoms with Gasteiger partial charge in [0, 0.05) is 5.56 Å². The fourth-order valence-corrected chi connectivity index (χ4v) is 2.93. The highest BCUT2D eigenvalue weighted by Crippen LogP contribution is 2.23. The molecule has 1 aliphatic carbocycles. The van der Waals surface area contributed by atoms with Crippen molar-refractivity contribution in [3.8, 4) is 11.5 Å². The van der Waals surface area contributed by atoms with E-state index in [1.165, 1.54) is 19.3 Å². The molecule has 0 radical (unpaired) electrons. The SMILES string of the molecule is O=C(COCc1coc(-c2ccccc2)n1)OCC1CCCCC1. The standard InChI is InChI=1S/C19H23NO4/c21-18(23-11-15-7-3-1-4-8-15)14-22-12-17-13-24-19(20-17)16-9-5-2-6-10-16/h2,5-6,9-10,13,15H,1,3-4,7-8,11-12,14H2. The molecular formula is C19H23NO4. The largest absolute Gasteiger partial charge is 0.464 e. The van der Waals surface area contributed by atoms with Crippen LogP contribution in [-0.2, 0) is 20.9 Å². The Labute approximate surface area is 142 Å². The van der Waals surface area contributed by atoms with Gasteiger partial charge in [-0.25, -0.2) is 9.78 Å². The summed E-state index contributed by atoms with van der Waals surface area (Å²) in [5.74, 6) is 0.757. The number of hydrogen-bond donors (Lipinski definition) is 0. The lowest BCUT2D eigenvalue weighted by Gasteiger charge is -2.20. The van der Waals surface area contributed by atoms with E-state index in [1.54, 1.807) is 6.26 Å². The molecule has 128 valence electrons. The van der Waals surface area contributed by atoms with Crippen molar-refractivity contribution in [2.45, 2.75) is 38.7 Å². The third-order valence-corrected chi connectivity index (χ3v) is 4.25. The lowest BCUT2D eigenvalue weighted by Crippen LogP contribution is -2.19. The summed E-state index contributed by atoms with van der Waals surface area (Å²) in [6.07, 6.45) is 7.67. The van der Waals surface area contributed by atoms with Crippen LogP contribution in [0.3, 0.4) is 0 Å². The van der Waals surface area contributed by atoms with Crippen LogP contribution in [0.15, 0.2) is 41.0 Å². The summed E-state index contributed by atoms with van der Waals surface area (Å²) >= 11 is 0. The zero-order valence-corrected chi connectivity index (χ0v) is 13.8. The number of rotatable bonds is 7. The molecule has 5 heteroatoms. The summed E-state index contributed by atoms with van der Waals surface area (Å²) in [6.45, 7) is 0.694. The molecule has 2 aromatic rings. The quantitative estimate of drug-likeness (QED) is 0.719. The summed E-state index contributed by atoms with van der Waals surface area (Å²) in [5, 5.41) is 0. The van der Waals surface area contributed by atoms with Gasteiger partial charge >= 0.3 is 5.97 Å².